The van der Waals surface area contributed by atoms with E-state index in [0.717, 1.165) is 0 Å². The van der Waals surface area contributed by atoms with Crippen molar-refractivity contribution < 1.29 is 14.7 Å². The van der Waals surface area contributed by atoms with Crippen molar-refractivity contribution >= 4 is 27.8 Å². The van der Waals surface area contributed by atoms with Gasteiger partial charge in [-0.25, -0.2) is 4.98 Å². The molecule has 1 saturated heterocycles. The summed E-state index contributed by atoms with van der Waals surface area (Å²) >= 11 is 3.21. The van der Waals surface area contributed by atoms with Gasteiger partial charge in [0.25, 0.3) is 5.91 Å². The smallest absolute Gasteiger partial charge is 0.308 e. The third kappa shape index (κ3) is 2.53. The number of rotatable bonds is 2. The third-order valence-electron chi connectivity index (χ3n) is 3.19. The lowest BCUT2D eigenvalue weighted by Crippen LogP contribution is -2.29. The molecule has 2 heterocycles. The molecule has 2 atom stereocenters. The molecular formula is C12H13BrN2O3. The molecular weight excluding hydrogens is 300 g/mol. The fraction of sp³-hybridized carbons (Fsp3) is 0.417. The number of hydrogen-bond donors (Lipinski definition) is 1. The van der Waals surface area contributed by atoms with E-state index in [2.05, 4.69) is 20.9 Å². The second-order valence-electron chi connectivity index (χ2n) is 4.50. The number of pyridine rings is 1. The van der Waals surface area contributed by atoms with E-state index in [-0.39, 0.29) is 18.4 Å². The number of carbonyl (C=O) groups is 2. The number of amides is 1. The molecule has 0 radical (unpaired) electrons. The summed E-state index contributed by atoms with van der Waals surface area (Å²) in [5.74, 6) is -1.47. The van der Waals surface area contributed by atoms with Gasteiger partial charge in [0.05, 0.1) is 5.92 Å². The molecule has 1 N–H and O–H groups in total. The lowest BCUT2D eigenvalue weighted by Gasteiger charge is -2.15. The van der Waals surface area contributed by atoms with E-state index in [1.807, 2.05) is 6.92 Å². The Hall–Kier alpha value is -1.43. The van der Waals surface area contributed by atoms with Crippen LogP contribution in [-0.2, 0) is 4.79 Å². The van der Waals surface area contributed by atoms with E-state index >= 15 is 0 Å². The number of nitrogens with zero attached hydrogens (tertiary/aromatic N) is 2. The van der Waals surface area contributed by atoms with Gasteiger partial charge in [0.2, 0.25) is 0 Å². The van der Waals surface area contributed by atoms with Crippen molar-refractivity contribution in [1.82, 2.24) is 9.88 Å². The summed E-state index contributed by atoms with van der Waals surface area (Å²) in [4.78, 5) is 28.8. The van der Waals surface area contributed by atoms with Gasteiger partial charge in [0, 0.05) is 24.8 Å². The van der Waals surface area contributed by atoms with Gasteiger partial charge in [-0.15, -0.1) is 0 Å². The van der Waals surface area contributed by atoms with E-state index in [9.17, 15) is 9.59 Å². The van der Waals surface area contributed by atoms with Crippen LogP contribution in [0.2, 0.25) is 0 Å². The van der Waals surface area contributed by atoms with Gasteiger partial charge in [-0.3, -0.25) is 9.59 Å². The quantitative estimate of drug-likeness (QED) is 0.843. The van der Waals surface area contributed by atoms with E-state index in [1.54, 1.807) is 23.2 Å². The average Bonchev–Trinajstić information content (AvgIpc) is 2.70. The Kier molecular flexibility index (Phi) is 3.65. The lowest BCUT2D eigenvalue weighted by molar-refractivity contribution is -0.142. The molecule has 1 aromatic heterocycles. The van der Waals surface area contributed by atoms with Gasteiger partial charge in [0.15, 0.2) is 0 Å². The molecule has 1 aliphatic heterocycles. The molecule has 0 unspecified atom stereocenters. The summed E-state index contributed by atoms with van der Waals surface area (Å²) in [5.41, 5.74) is 0.523. The normalized spacial score (nSPS) is 23.1. The number of aromatic nitrogens is 1. The first-order chi connectivity index (χ1) is 8.49. The van der Waals surface area contributed by atoms with Crippen molar-refractivity contribution in [3.05, 3.63) is 28.5 Å². The fourth-order valence-electron chi connectivity index (χ4n) is 2.17. The molecule has 6 heteroatoms. The van der Waals surface area contributed by atoms with Crippen molar-refractivity contribution in [3.8, 4) is 0 Å². The third-order valence-corrected chi connectivity index (χ3v) is 3.62. The predicted molar refractivity (Wildman–Crippen MR) is 68.1 cm³/mol. The van der Waals surface area contributed by atoms with Crippen molar-refractivity contribution in [2.24, 2.45) is 11.8 Å². The molecule has 0 spiro atoms. The zero-order valence-electron chi connectivity index (χ0n) is 9.84. The van der Waals surface area contributed by atoms with Gasteiger partial charge >= 0.3 is 5.97 Å². The molecule has 2 rings (SSSR count). The number of hydrogen-bond acceptors (Lipinski definition) is 3. The Labute approximate surface area is 113 Å². The van der Waals surface area contributed by atoms with Gasteiger partial charge in [-0.1, -0.05) is 6.92 Å². The number of aliphatic carboxylic acids is 1. The van der Waals surface area contributed by atoms with E-state index < -0.39 is 11.9 Å². The summed E-state index contributed by atoms with van der Waals surface area (Å²) in [6.07, 6.45) is 1.55. The molecule has 0 bridgehead atoms. The zero-order chi connectivity index (χ0) is 13.3. The topological polar surface area (TPSA) is 70.5 Å². The molecule has 0 aromatic carbocycles. The summed E-state index contributed by atoms with van der Waals surface area (Å²) in [7, 11) is 0. The Morgan fingerprint density at radius 1 is 1.50 bits per heavy atom. The summed E-state index contributed by atoms with van der Waals surface area (Å²) in [5, 5.41) is 9.04. The molecule has 1 amide bonds. The SMILES string of the molecule is C[C@@H]1CN(C(=O)c2ccnc(Br)c2)C[C@H]1C(=O)O. The lowest BCUT2D eigenvalue weighted by atomic mass is 9.99. The zero-order valence-corrected chi connectivity index (χ0v) is 11.4. The molecule has 96 valence electrons. The molecule has 18 heavy (non-hydrogen) atoms. The largest absolute Gasteiger partial charge is 0.481 e. The molecule has 1 aromatic rings. The van der Waals surface area contributed by atoms with Gasteiger partial charge < -0.3 is 10.0 Å². The van der Waals surface area contributed by atoms with Crippen molar-refractivity contribution in [3.63, 3.8) is 0 Å². The summed E-state index contributed by atoms with van der Waals surface area (Å²) < 4.78 is 0.593. The minimum atomic E-state index is -0.839. The van der Waals surface area contributed by atoms with Crippen LogP contribution in [0, 0.1) is 11.8 Å². The standard InChI is InChI=1S/C12H13BrN2O3/c1-7-5-15(6-9(7)12(17)18)11(16)8-2-3-14-10(13)4-8/h2-4,7,9H,5-6H2,1H3,(H,17,18)/t7-,9-/m1/s1. The Morgan fingerprint density at radius 3 is 2.78 bits per heavy atom. The number of halogens is 1. The first-order valence-electron chi connectivity index (χ1n) is 5.62. The van der Waals surface area contributed by atoms with Crippen LogP contribution in [0.15, 0.2) is 22.9 Å². The Balaban J connectivity index is 2.14. The monoisotopic (exact) mass is 312 g/mol. The van der Waals surface area contributed by atoms with Crippen LogP contribution in [-0.4, -0.2) is 40.0 Å². The van der Waals surface area contributed by atoms with Crippen LogP contribution >= 0.6 is 15.9 Å². The maximum Gasteiger partial charge on any atom is 0.308 e. The molecule has 1 aliphatic rings. The Bertz CT molecular complexity index is 492. The highest BCUT2D eigenvalue weighted by atomic mass is 79.9. The minimum Gasteiger partial charge on any atom is -0.481 e. The van der Waals surface area contributed by atoms with Crippen LogP contribution in [0.3, 0.4) is 0 Å². The van der Waals surface area contributed by atoms with Crippen molar-refractivity contribution in [2.75, 3.05) is 13.1 Å². The van der Waals surface area contributed by atoms with E-state index in [1.165, 1.54) is 0 Å². The molecule has 5 nitrogen and oxygen atoms in total. The predicted octanol–water partition coefficient (Wildman–Crippen LogP) is 1.64. The van der Waals surface area contributed by atoms with Gasteiger partial charge in [-0.05, 0) is 34.0 Å². The molecule has 0 saturated carbocycles. The maximum absolute atomic E-state index is 12.2. The highest BCUT2D eigenvalue weighted by Gasteiger charge is 2.37. The number of carboxylic acid groups (broad SMARTS) is 1. The number of carboxylic acids is 1. The highest BCUT2D eigenvalue weighted by molar-refractivity contribution is 9.10. The van der Waals surface area contributed by atoms with Crippen molar-refractivity contribution in [1.29, 1.82) is 0 Å². The molecule has 0 aliphatic carbocycles. The van der Waals surface area contributed by atoms with Crippen LogP contribution in [0.5, 0.6) is 0 Å². The number of likely N-dealkylation sites (tertiary alicyclic amines) is 1. The van der Waals surface area contributed by atoms with E-state index in [4.69, 9.17) is 5.11 Å². The summed E-state index contributed by atoms with van der Waals surface area (Å²) in [6, 6.07) is 3.27. The minimum absolute atomic E-state index is 0.0169. The van der Waals surface area contributed by atoms with Crippen LogP contribution in [0.4, 0.5) is 0 Å². The number of carbonyl (C=O) groups excluding carboxylic acids is 1. The van der Waals surface area contributed by atoms with Crippen LogP contribution < -0.4 is 0 Å². The van der Waals surface area contributed by atoms with Gasteiger partial charge in [0.1, 0.15) is 4.60 Å². The fourth-order valence-corrected chi connectivity index (χ4v) is 2.54. The van der Waals surface area contributed by atoms with E-state index in [0.29, 0.717) is 16.7 Å². The summed E-state index contributed by atoms with van der Waals surface area (Å²) in [6.45, 7) is 2.61. The second-order valence-corrected chi connectivity index (χ2v) is 5.31. The first kappa shape index (κ1) is 13.0. The molecule has 1 fully saturated rings. The highest BCUT2D eigenvalue weighted by Crippen LogP contribution is 2.25. The maximum atomic E-state index is 12.2. The van der Waals surface area contributed by atoms with Gasteiger partial charge in [-0.2, -0.15) is 0 Å². The second kappa shape index (κ2) is 5.06. The first-order valence-corrected chi connectivity index (χ1v) is 6.42. The van der Waals surface area contributed by atoms with Crippen LogP contribution in [0.25, 0.3) is 0 Å². The van der Waals surface area contributed by atoms with Crippen molar-refractivity contribution in [2.45, 2.75) is 6.92 Å². The average molecular weight is 313 g/mol. The Morgan fingerprint density at radius 2 is 2.22 bits per heavy atom. The van der Waals surface area contributed by atoms with Crippen LogP contribution in [0.1, 0.15) is 17.3 Å².